The molecule has 0 saturated carbocycles. The Balaban J connectivity index is 4.17. The van der Waals surface area contributed by atoms with Crippen molar-refractivity contribution >= 4 is 34.5 Å². The first kappa shape index (κ1) is 8.41. The molecule has 50 valence electrons. The lowest BCUT2D eigenvalue weighted by Crippen LogP contribution is -1.97. The molecule has 0 spiro atoms. The SMILES string of the molecule is O=C(O)/C=C(/I)C(=O)O. The Labute approximate surface area is 64.3 Å². The number of halogens is 1. The second kappa shape index (κ2) is 3.44. The van der Waals surface area contributed by atoms with Crippen molar-refractivity contribution in [1.82, 2.24) is 0 Å². The van der Waals surface area contributed by atoms with Crippen LogP contribution in [0.3, 0.4) is 0 Å². The summed E-state index contributed by atoms with van der Waals surface area (Å²) in [7, 11) is 0. The summed E-state index contributed by atoms with van der Waals surface area (Å²) in [6, 6.07) is 0. The highest BCUT2D eigenvalue weighted by Gasteiger charge is 2.02. The second-order valence-corrected chi connectivity index (χ2v) is 2.30. The Bertz CT molecular complexity index is 171. The average Bonchev–Trinajstić information content (AvgIpc) is 1.63. The van der Waals surface area contributed by atoms with E-state index in [1.807, 2.05) is 0 Å². The van der Waals surface area contributed by atoms with Crippen LogP contribution in [0, 0.1) is 0 Å². The van der Waals surface area contributed by atoms with Crippen molar-refractivity contribution in [2.45, 2.75) is 0 Å². The highest BCUT2D eigenvalue weighted by Crippen LogP contribution is 2.03. The first-order valence-corrected chi connectivity index (χ1v) is 2.95. The highest BCUT2D eigenvalue weighted by molar-refractivity contribution is 14.1. The third kappa shape index (κ3) is 3.95. The van der Waals surface area contributed by atoms with Crippen LogP contribution in [0.4, 0.5) is 0 Å². The Morgan fingerprint density at radius 1 is 1.33 bits per heavy atom. The summed E-state index contributed by atoms with van der Waals surface area (Å²) in [6.07, 6.45) is 0.628. The number of hydrogen-bond acceptors (Lipinski definition) is 2. The van der Waals surface area contributed by atoms with Gasteiger partial charge in [-0.15, -0.1) is 0 Å². The van der Waals surface area contributed by atoms with Gasteiger partial charge in [0.25, 0.3) is 0 Å². The van der Waals surface area contributed by atoms with Crippen LogP contribution in [-0.4, -0.2) is 22.2 Å². The van der Waals surface area contributed by atoms with Gasteiger partial charge < -0.3 is 10.2 Å². The van der Waals surface area contributed by atoms with Gasteiger partial charge in [0.1, 0.15) is 3.58 Å². The van der Waals surface area contributed by atoms with E-state index in [1.165, 1.54) is 22.6 Å². The van der Waals surface area contributed by atoms with Gasteiger partial charge in [0.2, 0.25) is 0 Å². The molecule has 0 aliphatic carbocycles. The topological polar surface area (TPSA) is 74.6 Å². The molecular formula is C4H3IO4. The summed E-state index contributed by atoms with van der Waals surface area (Å²) in [4.78, 5) is 19.7. The van der Waals surface area contributed by atoms with E-state index in [9.17, 15) is 9.59 Å². The summed E-state index contributed by atoms with van der Waals surface area (Å²) >= 11 is 1.43. The summed E-state index contributed by atoms with van der Waals surface area (Å²) < 4.78 is -0.208. The molecule has 0 fully saturated rings. The maximum Gasteiger partial charge on any atom is 0.342 e. The Morgan fingerprint density at radius 3 is 1.89 bits per heavy atom. The van der Waals surface area contributed by atoms with Crippen LogP contribution in [0.2, 0.25) is 0 Å². The minimum Gasteiger partial charge on any atom is -0.478 e. The third-order valence-electron chi connectivity index (χ3n) is 0.455. The van der Waals surface area contributed by atoms with Crippen molar-refractivity contribution in [2.24, 2.45) is 0 Å². The Kier molecular flexibility index (Phi) is 3.21. The smallest absolute Gasteiger partial charge is 0.342 e. The molecule has 0 aromatic carbocycles. The normalized spacial score (nSPS) is 11.0. The fraction of sp³-hybridized carbons (Fsp3) is 0. The minimum absolute atomic E-state index is 0.208. The van der Waals surface area contributed by atoms with Crippen LogP contribution >= 0.6 is 22.6 Å². The number of carboxylic acid groups (broad SMARTS) is 2. The number of carbonyl (C=O) groups is 2. The maximum absolute atomic E-state index is 9.90. The number of aliphatic carboxylic acids is 2. The van der Waals surface area contributed by atoms with Gasteiger partial charge in [-0.3, -0.25) is 0 Å². The zero-order chi connectivity index (χ0) is 7.44. The molecular weight excluding hydrogens is 239 g/mol. The van der Waals surface area contributed by atoms with Crippen molar-refractivity contribution in [2.75, 3.05) is 0 Å². The van der Waals surface area contributed by atoms with E-state index in [0.29, 0.717) is 6.08 Å². The molecule has 0 saturated heterocycles. The van der Waals surface area contributed by atoms with Crippen LogP contribution in [0.15, 0.2) is 9.66 Å². The maximum atomic E-state index is 9.90. The van der Waals surface area contributed by atoms with Crippen LogP contribution in [0.1, 0.15) is 0 Å². The van der Waals surface area contributed by atoms with Crippen LogP contribution < -0.4 is 0 Å². The van der Waals surface area contributed by atoms with E-state index >= 15 is 0 Å². The summed E-state index contributed by atoms with van der Waals surface area (Å²) in [6.45, 7) is 0. The van der Waals surface area contributed by atoms with Gasteiger partial charge in [0.15, 0.2) is 0 Å². The lowest BCUT2D eigenvalue weighted by molar-refractivity contribution is -0.134. The quantitative estimate of drug-likeness (QED) is 0.545. The van der Waals surface area contributed by atoms with Gasteiger partial charge >= 0.3 is 11.9 Å². The predicted molar refractivity (Wildman–Crippen MR) is 37.4 cm³/mol. The molecule has 0 heterocycles. The van der Waals surface area contributed by atoms with E-state index in [-0.39, 0.29) is 3.58 Å². The molecule has 0 aliphatic heterocycles. The van der Waals surface area contributed by atoms with Crippen molar-refractivity contribution in [3.05, 3.63) is 9.66 Å². The summed E-state index contributed by atoms with van der Waals surface area (Å²) in [5.74, 6) is -2.47. The standard InChI is InChI=1S/C4H3IO4/c5-2(4(8)9)1-3(6)7/h1H,(H,6,7)(H,8,9)/b2-1+. The molecule has 0 aromatic rings. The summed E-state index contributed by atoms with van der Waals surface area (Å²) in [5.41, 5.74) is 0. The minimum atomic E-state index is -1.25. The zero-order valence-electron chi connectivity index (χ0n) is 4.17. The van der Waals surface area contributed by atoms with E-state index in [2.05, 4.69) is 0 Å². The van der Waals surface area contributed by atoms with Crippen LogP contribution in [0.5, 0.6) is 0 Å². The van der Waals surface area contributed by atoms with Gasteiger partial charge in [-0.1, -0.05) is 0 Å². The Hall–Kier alpha value is -0.590. The lowest BCUT2D eigenvalue weighted by Gasteiger charge is -1.84. The van der Waals surface area contributed by atoms with E-state index in [1.54, 1.807) is 0 Å². The predicted octanol–water partition coefficient (Wildman–Crippen LogP) is 0.475. The molecule has 0 unspecified atom stereocenters. The fourth-order valence-electron chi connectivity index (χ4n) is 0.170. The van der Waals surface area contributed by atoms with Crippen molar-refractivity contribution in [1.29, 1.82) is 0 Å². The van der Waals surface area contributed by atoms with E-state index in [4.69, 9.17) is 10.2 Å². The lowest BCUT2D eigenvalue weighted by atomic mass is 10.5. The number of hydrogen-bond donors (Lipinski definition) is 2. The van der Waals surface area contributed by atoms with Gasteiger partial charge in [-0.05, 0) is 22.6 Å². The summed E-state index contributed by atoms with van der Waals surface area (Å²) in [5, 5.41) is 16.1. The van der Waals surface area contributed by atoms with Crippen molar-refractivity contribution in [3.63, 3.8) is 0 Å². The number of rotatable bonds is 2. The van der Waals surface area contributed by atoms with E-state index < -0.39 is 11.9 Å². The van der Waals surface area contributed by atoms with Crippen LogP contribution in [-0.2, 0) is 9.59 Å². The molecule has 0 aliphatic rings. The second-order valence-electron chi connectivity index (χ2n) is 1.14. The van der Waals surface area contributed by atoms with Crippen molar-refractivity contribution in [3.8, 4) is 0 Å². The Morgan fingerprint density at radius 2 is 1.78 bits per heavy atom. The van der Waals surface area contributed by atoms with Gasteiger partial charge in [0, 0.05) is 6.08 Å². The first-order chi connectivity index (χ1) is 4.04. The molecule has 9 heavy (non-hydrogen) atoms. The van der Waals surface area contributed by atoms with Crippen molar-refractivity contribution < 1.29 is 19.8 Å². The third-order valence-corrected chi connectivity index (χ3v) is 1.23. The number of carboxylic acids is 2. The molecule has 0 amide bonds. The first-order valence-electron chi connectivity index (χ1n) is 1.87. The largest absolute Gasteiger partial charge is 0.478 e. The van der Waals surface area contributed by atoms with E-state index in [0.717, 1.165) is 0 Å². The van der Waals surface area contributed by atoms with Crippen LogP contribution in [0.25, 0.3) is 0 Å². The molecule has 5 heteroatoms. The molecule has 0 rings (SSSR count). The highest BCUT2D eigenvalue weighted by atomic mass is 127. The average molecular weight is 242 g/mol. The molecule has 0 radical (unpaired) electrons. The van der Waals surface area contributed by atoms with Gasteiger partial charge in [-0.2, -0.15) is 0 Å². The molecule has 2 N–H and O–H groups in total. The fourth-order valence-corrected chi connectivity index (χ4v) is 0.437. The van der Waals surface area contributed by atoms with Gasteiger partial charge in [-0.25, -0.2) is 9.59 Å². The molecule has 4 nitrogen and oxygen atoms in total. The molecule has 0 bridgehead atoms. The van der Waals surface area contributed by atoms with Gasteiger partial charge in [0.05, 0.1) is 0 Å². The molecule has 0 aromatic heterocycles. The monoisotopic (exact) mass is 242 g/mol. The zero-order valence-corrected chi connectivity index (χ0v) is 6.32. The molecule has 0 atom stereocenters.